The largest absolute Gasteiger partial charge is 0.478 e. The summed E-state index contributed by atoms with van der Waals surface area (Å²) in [6.45, 7) is 0. The number of hydrogen-bond donors (Lipinski definition) is 2. The fraction of sp³-hybridized carbons (Fsp3) is 0. The Labute approximate surface area is 118 Å². The first-order chi connectivity index (χ1) is 9.47. The van der Waals surface area contributed by atoms with E-state index < -0.39 is 11.9 Å². The maximum atomic E-state index is 10.9. The molecular formula is C14H9ClO5. The van der Waals surface area contributed by atoms with E-state index in [0.717, 1.165) is 6.08 Å². The summed E-state index contributed by atoms with van der Waals surface area (Å²) < 4.78 is 5.41. The smallest absolute Gasteiger partial charge is 0.335 e. The predicted octanol–water partition coefficient (Wildman–Crippen LogP) is 3.40. The van der Waals surface area contributed by atoms with Gasteiger partial charge in [-0.1, -0.05) is 11.6 Å². The van der Waals surface area contributed by atoms with Crippen LogP contribution in [0.4, 0.5) is 0 Å². The molecule has 0 amide bonds. The Bertz CT molecular complexity index is 699. The number of carboxylic acid groups (broad SMARTS) is 2. The van der Waals surface area contributed by atoms with Crippen molar-refractivity contribution in [2.75, 3.05) is 0 Å². The van der Waals surface area contributed by atoms with Gasteiger partial charge in [0.2, 0.25) is 0 Å². The second-order valence-corrected chi connectivity index (χ2v) is 4.28. The van der Waals surface area contributed by atoms with Crippen LogP contribution in [0.25, 0.3) is 17.4 Å². The molecule has 0 saturated carbocycles. The van der Waals surface area contributed by atoms with Gasteiger partial charge >= 0.3 is 11.9 Å². The van der Waals surface area contributed by atoms with E-state index in [-0.39, 0.29) is 5.56 Å². The SMILES string of the molecule is O=C(O)/C=C/c1ccc(-c2cc(C(=O)O)ccc2Cl)o1. The van der Waals surface area contributed by atoms with Crippen LogP contribution in [0.5, 0.6) is 0 Å². The summed E-state index contributed by atoms with van der Waals surface area (Å²) in [6.07, 6.45) is 2.23. The fourth-order valence-electron chi connectivity index (χ4n) is 1.59. The molecule has 20 heavy (non-hydrogen) atoms. The normalized spacial score (nSPS) is 10.8. The lowest BCUT2D eigenvalue weighted by atomic mass is 10.1. The monoisotopic (exact) mass is 292 g/mol. The minimum atomic E-state index is -1.09. The quantitative estimate of drug-likeness (QED) is 0.843. The van der Waals surface area contributed by atoms with Crippen molar-refractivity contribution in [2.45, 2.75) is 0 Å². The number of rotatable bonds is 4. The number of furan rings is 1. The number of halogens is 1. The standard InChI is InChI=1S/C14H9ClO5/c15-11-4-1-8(14(18)19)7-10(11)12-5-2-9(20-12)3-6-13(16)17/h1-7H,(H,16,17)(H,18,19)/b6-3+. The Hall–Kier alpha value is -2.53. The van der Waals surface area contributed by atoms with Gasteiger partial charge in [-0.2, -0.15) is 0 Å². The van der Waals surface area contributed by atoms with Gasteiger partial charge < -0.3 is 14.6 Å². The minimum Gasteiger partial charge on any atom is -0.478 e. The molecule has 2 rings (SSSR count). The van der Waals surface area contributed by atoms with E-state index in [2.05, 4.69) is 0 Å². The van der Waals surface area contributed by atoms with Crippen LogP contribution in [0.15, 0.2) is 40.8 Å². The predicted molar refractivity (Wildman–Crippen MR) is 72.8 cm³/mol. The highest BCUT2D eigenvalue weighted by molar-refractivity contribution is 6.33. The van der Waals surface area contributed by atoms with Crippen molar-refractivity contribution >= 4 is 29.6 Å². The van der Waals surface area contributed by atoms with E-state index in [9.17, 15) is 9.59 Å². The molecule has 1 aromatic heterocycles. The van der Waals surface area contributed by atoms with Gasteiger partial charge in [0.05, 0.1) is 10.6 Å². The Morgan fingerprint density at radius 3 is 2.55 bits per heavy atom. The van der Waals surface area contributed by atoms with Crippen molar-refractivity contribution in [3.05, 3.63) is 52.8 Å². The van der Waals surface area contributed by atoms with E-state index in [1.165, 1.54) is 24.3 Å². The van der Waals surface area contributed by atoms with Gasteiger partial charge in [0, 0.05) is 11.6 Å². The van der Waals surface area contributed by atoms with Gasteiger partial charge in [-0.15, -0.1) is 0 Å². The van der Waals surface area contributed by atoms with Crippen LogP contribution < -0.4 is 0 Å². The molecule has 1 aromatic carbocycles. The molecule has 0 aliphatic rings. The van der Waals surface area contributed by atoms with Gasteiger partial charge in [-0.25, -0.2) is 9.59 Å². The summed E-state index contributed by atoms with van der Waals surface area (Å²) in [6, 6.07) is 7.42. The van der Waals surface area contributed by atoms with Crippen molar-refractivity contribution in [2.24, 2.45) is 0 Å². The van der Waals surface area contributed by atoms with Crippen LogP contribution >= 0.6 is 11.6 Å². The molecule has 0 bridgehead atoms. The molecule has 0 unspecified atom stereocenters. The van der Waals surface area contributed by atoms with Gasteiger partial charge in [-0.05, 0) is 36.4 Å². The van der Waals surface area contributed by atoms with Gasteiger partial charge in [0.25, 0.3) is 0 Å². The molecule has 2 aromatic rings. The third-order valence-electron chi connectivity index (χ3n) is 2.50. The van der Waals surface area contributed by atoms with E-state index in [4.69, 9.17) is 26.2 Å². The molecule has 6 heteroatoms. The van der Waals surface area contributed by atoms with Gasteiger partial charge in [-0.3, -0.25) is 0 Å². The van der Waals surface area contributed by atoms with Crippen LogP contribution in [0.1, 0.15) is 16.1 Å². The van der Waals surface area contributed by atoms with Crippen molar-refractivity contribution < 1.29 is 24.2 Å². The number of aliphatic carboxylic acids is 1. The second kappa shape index (κ2) is 5.63. The van der Waals surface area contributed by atoms with Crippen molar-refractivity contribution in [3.8, 4) is 11.3 Å². The highest BCUT2D eigenvalue weighted by Gasteiger charge is 2.12. The zero-order valence-electron chi connectivity index (χ0n) is 10.0. The summed E-state index contributed by atoms with van der Waals surface area (Å²) in [4.78, 5) is 21.3. The summed E-state index contributed by atoms with van der Waals surface area (Å²) in [5.41, 5.74) is 0.518. The van der Waals surface area contributed by atoms with Crippen molar-refractivity contribution in [1.82, 2.24) is 0 Å². The Morgan fingerprint density at radius 1 is 1.15 bits per heavy atom. The summed E-state index contributed by atoms with van der Waals surface area (Å²) >= 11 is 6.01. The molecule has 5 nitrogen and oxygen atoms in total. The Kier molecular flexibility index (Phi) is 3.91. The molecule has 0 saturated heterocycles. The fourth-order valence-corrected chi connectivity index (χ4v) is 1.80. The highest BCUT2D eigenvalue weighted by atomic mass is 35.5. The van der Waals surface area contributed by atoms with Crippen LogP contribution in [0.2, 0.25) is 5.02 Å². The maximum Gasteiger partial charge on any atom is 0.335 e. The maximum absolute atomic E-state index is 10.9. The van der Waals surface area contributed by atoms with Crippen LogP contribution in [-0.4, -0.2) is 22.2 Å². The van der Waals surface area contributed by atoms with Crippen molar-refractivity contribution in [1.29, 1.82) is 0 Å². The average molecular weight is 293 g/mol. The lowest BCUT2D eigenvalue weighted by molar-refractivity contribution is -0.131. The lowest BCUT2D eigenvalue weighted by Crippen LogP contribution is -1.96. The zero-order chi connectivity index (χ0) is 14.7. The topological polar surface area (TPSA) is 87.7 Å². The molecule has 0 aliphatic heterocycles. The number of carbonyl (C=O) groups is 2. The summed E-state index contributed by atoms with van der Waals surface area (Å²) in [7, 11) is 0. The molecular weight excluding hydrogens is 284 g/mol. The average Bonchev–Trinajstić information content (AvgIpc) is 2.85. The molecule has 0 atom stereocenters. The molecule has 2 N–H and O–H groups in total. The number of carboxylic acids is 2. The Morgan fingerprint density at radius 2 is 1.90 bits per heavy atom. The van der Waals surface area contributed by atoms with E-state index in [1.54, 1.807) is 12.1 Å². The summed E-state index contributed by atoms with van der Waals surface area (Å²) in [5.74, 6) is -1.46. The number of hydrogen-bond acceptors (Lipinski definition) is 3. The van der Waals surface area contributed by atoms with Crippen molar-refractivity contribution in [3.63, 3.8) is 0 Å². The second-order valence-electron chi connectivity index (χ2n) is 3.87. The highest BCUT2D eigenvalue weighted by Crippen LogP contribution is 2.30. The molecule has 0 spiro atoms. The van der Waals surface area contributed by atoms with Crippen LogP contribution in [0, 0.1) is 0 Å². The van der Waals surface area contributed by atoms with Gasteiger partial charge in [0.1, 0.15) is 11.5 Å². The third-order valence-corrected chi connectivity index (χ3v) is 2.83. The molecule has 0 fully saturated rings. The Balaban J connectivity index is 2.39. The third kappa shape index (κ3) is 3.07. The van der Waals surface area contributed by atoms with Crippen LogP contribution in [0.3, 0.4) is 0 Å². The minimum absolute atomic E-state index is 0.0865. The summed E-state index contributed by atoms with van der Waals surface area (Å²) in [5, 5.41) is 17.8. The van der Waals surface area contributed by atoms with E-state index in [1.807, 2.05) is 0 Å². The molecule has 102 valence electrons. The first-order valence-corrected chi connectivity index (χ1v) is 5.89. The van der Waals surface area contributed by atoms with E-state index >= 15 is 0 Å². The molecule has 0 aliphatic carbocycles. The van der Waals surface area contributed by atoms with Crippen LogP contribution in [-0.2, 0) is 4.79 Å². The zero-order valence-corrected chi connectivity index (χ0v) is 10.8. The van der Waals surface area contributed by atoms with E-state index in [0.29, 0.717) is 22.1 Å². The number of aromatic carboxylic acids is 1. The van der Waals surface area contributed by atoms with Gasteiger partial charge in [0.15, 0.2) is 0 Å². The lowest BCUT2D eigenvalue weighted by Gasteiger charge is -2.02. The number of benzene rings is 1. The molecule has 1 heterocycles. The first-order valence-electron chi connectivity index (χ1n) is 5.51. The first kappa shape index (κ1) is 13.9. The molecule has 0 radical (unpaired) electrons.